The number of nitrogens with zero attached hydrogens (tertiary/aromatic N) is 1. The lowest BCUT2D eigenvalue weighted by Crippen LogP contribution is -2.16. The Morgan fingerprint density at radius 3 is 2.38 bits per heavy atom. The molecule has 0 aliphatic heterocycles. The molecule has 0 unspecified atom stereocenters. The van der Waals surface area contributed by atoms with Crippen molar-refractivity contribution in [2.24, 2.45) is 0 Å². The first-order valence-electron chi connectivity index (χ1n) is 9.53. The van der Waals surface area contributed by atoms with Gasteiger partial charge in [0.2, 0.25) is 0 Å². The number of hydrogen-bond acceptors (Lipinski definition) is 3. The zero-order chi connectivity index (χ0) is 20.5. The summed E-state index contributed by atoms with van der Waals surface area (Å²) in [7, 11) is 0. The van der Waals surface area contributed by atoms with E-state index in [4.69, 9.17) is 9.72 Å². The number of anilines is 1. The second kappa shape index (κ2) is 7.43. The summed E-state index contributed by atoms with van der Waals surface area (Å²) in [6.07, 6.45) is -0.526. The van der Waals surface area contributed by atoms with E-state index in [1.165, 1.54) is 5.56 Å². The average Bonchev–Trinajstić information content (AvgIpc) is 3.07. The van der Waals surface area contributed by atoms with Crippen LogP contribution in [0.15, 0.2) is 54.6 Å². The second-order valence-corrected chi connectivity index (χ2v) is 7.34. The summed E-state index contributed by atoms with van der Waals surface area (Å²) < 4.78 is 5.46. The van der Waals surface area contributed by atoms with Crippen LogP contribution in [0.2, 0.25) is 0 Å². The number of ether oxygens (including phenoxy) is 1. The third-order valence-electron chi connectivity index (χ3n) is 5.14. The second-order valence-electron chi connectivity index (χ2n) is 7.34. The number of benzene rings is 3. The van der Waals surface area contributed by atoms with Crippen LogP contribution >= 0.6 is 0 Å². The fourth-order valence-electron chi connectivity index (χ4n) is 3.43. The zero-order valence-corrected chi connectivity index (χ0v) is 17.0. The summed E-state index contributed by atoms with van der Waals surface area (Å²) in [5.41, 5.74) is 8.05. The number of aromatic nitrogens is 2. The Morgan fingerprint density at radius 1 is 0.897 bits per heavy atom. The first-order valence-corrected chi connectivity index (χ1v) is 9.53. The number of carbonyl (C=O) groups excluding carboxylic acids is 1. The van der Waals surface area contributed by atoms with E-state index in [1.54, 1.807) is 12.1 Å². The zero-order valence-electron chi connectivity index (χ0n) is 17.0. The highest BCUT2D eigenvalue weighted by molar-refractivity contribution is 5.88. The van der Waals surface area contributed by atoms with E-state index in [-0.39, 0.29) is 0 Å². The first kappa shape index (κ1) is 18.7. The molecule has 1 amide bonds. The van der Waals surface area contributed by atoms with Crippen LogP contribution in [0.3, 0.4) is 0 Å². The Morgan fingerprint density at radius 2 is 1.66 bits per heavy atom. The molecule has 1 heterocycles. The van der Waals surface area contributed by atoms with Gasteiger partial charge in [-0.2, -0.15) is 0 Å². The molecular weight excluding hydrogens is 362 g/mol. The summed E-state index contributed by atoms with van der Waals surface area (Å²) in [5.74, 6) is 1.27. The lowest BCUT2D eigenvalue weighted by Gasteiger charge is -2.08. The van der Waals surface area contributed by atoms with Crippen molar-refractivity contribution in [3.63, 3.8) is 0 Å². The molecule has 2 N–H and O–H groups in total. The quantitative estimate of drug-likeness (QED) is 0.449. The highest BCUT2D eigenvalue weighted by atomic mass is 16.6. The Bertz CT molecular complexity index is 1200. The molecule has 0 saturated heterocycles. The molecule has 0 spiro atoms. The van der Waals surface area contributed by atoms with Crippen LogP contribution in [0.5, 0.6) is 5.75 Å². The molecule has 4 rings (SSSR count). The normalized spacial score (nSPS) is 10.9. The summed E-state index contributed by atoms with van der Waals surface area (Å²) in [5, 5.41) is 2.77. The minimum atomic E-state index is -0.526. The van der Waals surface area contributed by atoms with E-state index in [0.29, 0.717) is 11.4 Å². The summed E-state index contributed by atoms with van der Waals surface area (Å²) in [4.78, 5) is 20.3. The van der Waals surface area contributed by atoms with Gasteiger partial charge in [-0.15, -0.1) is 0 Å². The van der Waals surface area contributed by atoms with E-state index in [9.17, 15) is 4.79 Å². The van der Waals surface area contributed by atoms with Crippen LogP contribution in [0.4, 0.5) is 10.5 Å². The predicted octanol–water partition coefficient (Wildman–Crippen LogP) is 6.07. The lowest BCUT2D eigenvalue weighted by atomic mass is 10.0. The Balaban J connectivity index is 1.56. The van der Waals surface area contributed by atoms with Crippen molar-refractivity contribution in [2.75, 3.05) is 5.32 Å². The van der Waals surface area contributed by atoms with Crippen LogP contribution in [0.25, 0.3) is 22.4 Å². The van der Waals surface area contributed by atoms with Crippen molar-refractivity contribution < 1.29 is 9.53 Å². The molecule has 0 aliphatic carbocycles. The molecule has 5 heteroatoms. The molecule has 29 heavy (non-hydrogen) atoms. The van der Waals surface area contributed by atoms with Crippen molar-refractivity contribution in [3.05, 3.63) is 76.9 Å². The van der Waals surface area contributed by atoms with Gasteiger partial charge in [-0.25, -0.2) is 9.78 Å². The highest BCUT2D eigenvalue weighted by Gasteiger charge is 2.12. The molecule has 0 saturated carbocycles. The number of hydrogen-bond donors (Lipinski definition) is 2. The van der Waals surface area contributed by atoms with Gasteiger partial charge in [0.05, 0.1) is 11.0 Å². The number of imidazole rings is 1. The number of nitrogens with one attached hydrogen (secondary N) is 2. The molecular formula is C24H23N3O2. The fraction of sp³-hybridized carbons (Fsp3) is 0.167. The molecule has 0 atom stereocenters. The van der Waals surface area contributed by atoms with Crippen molar-refractivity contribution >= 4 is 22.8 Å². The third kappa shape index (κ3) is 3.85. The molecule has 0 fully saturated rings. The molecule has 0 radical (unpaired) electrons. The maximum atomic E-state index is 12.3. The molecule has 3 aromatic carbocycles. The Kier molecular flexibility index (Phi) is 4.80. The van der Waals surface area contributed by atoms with Crippen LogP contribution in [-0.2, 0) is 0 Å². The van der Waals surface area contributed by atoms with Gasteiger partial charge in [-0.1, -0.05) is 24.3 Å². The summed E-state index contributed by atoms with van der Waals surface area (Å²) >= 11 is 0. The van der Waals surface area contributed by atoms with Gasteiger partial charge in [-0.3, -0.25) is 5.32 Å². The van der Waals surface area contributed by atoms with E-state index in [1.807, 2.05) is 44.2 Å². The Labute approximate surface area is 169 Å². The number of carbonyl (C=O) groups is 1. The van der Waals surface area contributed by atoms with Gasteiger partial charge < -0.3 is 9.72 Å². The van der Waals surface area contributed by atoms with Gasteiger partial charge in [-0.05, 0) is 74.2 Å². The van der Waals surface area contributed by atoms with Crippen molar-refractivity contribution in [3.8, 4) is 17.1 Å². The van der Waals surface area contributed by atoms with Crippen LogP contribution in [0.1, 0.15) is 22.3 Å². The Hall–Kier alpha value is -3.60. The molecule has 0 aliphatic rings. The van der Waals surface area contributed by atoms with Gasteiger partial charge in [0.1, 0.15) is 11.6 Å². The SMILES string of the molecule is Cc1ccc(NC(=O)Oc2ccc3nc(-c4c(C)cccc4C)[nH]c3c2)cc1C. The molecule has 0 bridgehead atoms. The smallest absolute Gasteiger partial charge is 0.410 e. The van der Waals surface area contributed by atoms with E-state index in [0.717, 1.165) is 39.1 Å². The van der Waals surface area contributed by atoms with Crippen molar-refractivity contribution in [1.82, 2.24) is 9.97 Å². The largest absolute Gasteiger partial charge is 0.417 e. The number of fused-ring (bicyclic) bond motifs is 1. The van der Waals surface area contributed by atoms with Gasteiger partial charge in [0.15, 0.2) is 0 Å². The minimum Gasteiger partial charge on any atom is -0.410 e. The van der Waals surface area contributed by atoms with E-state index < -0.39 is 6.09 Å². The van der Waals surface area contributed by atoms with Gasteiger partial charge in [0, 0.05) is 17.3 Å². The predicted molar refractivity (Wildman–Crippen MR) is 117 cm³/mol. The summed E-state index contributed by atoms with van der Waals surface area (Å²) in [6, 6.07) is 17.3. The lowest BCUT2D eigenvalue weighted by molar-refractivity contribution is 0.215. The third-order valence-corrected chi connectivity index (χ3v) is 5.14. The van der Waals surface area contributed by atoms with Gasteiger partial charge >= 0.3 is 6.09 Å². The number of aromatic amines is 1. The minimum absolute atomic E-state index is 0.454. The van der Waals surface area contributed by atoms with Crippen LogP contribution < -0.4 is 10.1 Å². The molecule has 5 nitrogen and oxygen atoms in total. The maximum absolute atomic E-state index is 12.3. The first-order chi connectivity index (χ1) is 13.9. The number of amides is 1. The number of rotatable bonds is 3. The molecule has 4 aromatic rings. The fourth-order valence-corrected chi connectivity index (χ4v) is 3.43. The topological polar surface area (TPSA) is 67.0 Å². The van der Waals surface area contributed by atoms with Gasteiger partial charge in [0.25, 0.3) is 0 Å². The summed E-state index contributed by atoms with van der Waals surface area (Å²) in [6.45, 7) is 8.18. The van der Waals surface area contributed by atoms with E-state index >= 15 is 0 Å². The van der Waals surface area contributed by atoms with E-state index in [2.05, 4.69) is 36.3 Å². The number of aryl methyl sites for hydroxylation is 4. The molecule has 146 valence electrons. The molecule has 1 aromatic heterocycles. The maximum Gasteiger partial charge on any atom is 0.417 e. The van der Waals surface area contributed by atoms with Crippen molar-refractivity contribution in [1.29, 1.82) is 0 Å². The van der Waals surface area contributed by atoms with Crippen molar-refractivity contribution in [2.45, 2.75) is 27.7 Å². The standard InChI is InChI=1S/C24H23N3O2/c1-14-8-9-18(12-17(14)4)25-24(28)29-19-10-11-20-21(13-19)27-23(26-20)22-15(2)6-5-7-16(22)3/h5-13H,1-4H3,(H,25,28)(H,26,27). The van der Waals surface area contributed by atoms with Crippen LogP contribution in [0, 0.1) is 27.7 Å². The van der Waals surface area contributed by atoms with Crippen LogP contribution in [-0.4, -0.2) is 16.1 Å². The monoisotopic (exact) mass is 385 g/mol. The highest BCUT2D eigenvalue weighted by Crippen LogP contribution is 2.28. The number of H-pyrrole nitrogens is 1. The average molecular weight is 385 g/mol.